The molecule has 3 rings (SSSR count). The molecule has 1 atom stereocenters. The number of carbonyl (C=O) groups is 2. The fraction of sp³-hybridized carbons (Fsp3) is 0.421. The minimum absolute atomic E-state index is 0.0987. The maximum absolute atomic E-state index is 13.7. The molecule has 0 unspecified atom stereocenters. The first-order valence-corrected chi connectivity index (χ1v) is 8.81. The van der Waals surface area contributed by atoms with Crippen LogP contribution in [0.4, 0.5) is 4.39 Å². The predicted octanol–water partition coefficient (Wildman–Crippen LogP) is 2.14. The van der Waals surface area contributed by atoms with Crippen molar-refractivity contribution in [2.75, 3.05) is 20.1 Å². The molecule has 1 aliphatic heterocycles. The van der Waals surface area contributed by atoms with E-state index in [1.54, 1.807) is 11.9 Å². The Kier molecular flexibility index (Phi) is 5.06. The Hall–Kier alpha value is -2.70. The molecule has 0 bridgehead atoms. The van der Waals surface area contributed by atoms with Crippen LogP contribution in [0, 0.1) is 5.82 Å². The second-order valence-corrected chi connectivity index (χ2v) is 6.65. The van der Waals surface area contributed by atoms with Crippen LogP contribution >= 0.6 is 0 Å². The third-order valence-corrected chi connectivity index (χ3v) is 4.84. The van der Waals surface area contributed by atoms with Crippen molar-refractivity contribution in [1.82, 2.24) is 14.8 Å². The zero-order valence-electron chi connectivity index (χ0n) is 14.9. The fourth-order valence-corrected chi connectivity index (χ4v) is 3.39. The highest BCUT2D eigenvalue weighted by Crippen LogP contribution is 2.23. The molecule has 1 aromatic heterocycles. The van der Waals surface area contributed by atoms with E-state index in [4.69, 9.17) is 0 Å². The number of unbranched alkanes of at least 4 members (excludes halogenated alkanes) is 1. The summed E-state index contributed by atoms with van der Waals surface area (Å²) in [5.41, 5.74) is 0.0907. The lowest BCUT2D eigenvalue weighted by Gasteiger charge is -2.39. The van der Waals surface area contributed by atoms with Crippen LogP contribution in [0.3, 0.4) is 0 Å². The number of amides is 2. The summed E-state index contributed by atoms with van der Waals surface area (Å²) in [5, 5.41) is 0.343. The Labute approximate surface area is 150 Å². The Balaban J connectivity index is 2.04. The number of hydrogen-bond donors (Lipinski definition) is 1. The van der Waals surface area contributed by atoms with Crippen LogP contribution in [-0.2, 0) is 4.79 Å². The third-order valence-electron chi connectivity index (χ3n) is 4.84. The SMILES string of the molecule is CCCC[C@H]1C(=O)N(C)CCN1C(=O)c1cc(=O)[nH]c2ccc(F)cc12. The number of carbonyl (C=O) groups excluding carboxylic acids is 2. The fourth-order valence-electron chi connectivity index (χ4n) is 3.39. The molecule has 26 heavy (non-hydrogen) atoms. The lowest BCUT2D eigenvalue weighted by Crippen LogP contribution is -2.57. The lowest BCUT2D eigenvalue weighted by atomic mass is 10.0. The minimum Gasteiger partial charge on any atom is -0.342 e. The van der Waals surface area contributed by atoms with Gasteiger partial charge < -0.3 is 14.8 Å². The van der Waals surface area contributed by atoms with Crippen molar-refractivity contribution in [2.24, 2.45) is 0 Å². The van der Waals surface area contributed by atoms with Gasteiger partial charge in [-0.3, -0.25) is 14.4 Å². The number of aromatic amines is 1. The van der Waals surface area contributed by atoms with E-state index >= 15 is 0 Å². The Morgan fingerprint density at radius 1 is 1.27 bits per heavy atom. The Bertz CT molecular complexity index is 909. The van der Waals surface area contributed by atoms with Crippen molar-refractivity contribution >= 4 is 22.7 Å². The molecule has 6 nitrogen and oxygen atoms in total. The van der Waals surface area contributed by atoms with E-state index in [1.807, 2.05) is 6.92 Å². The van der Waals surface area contributed by atoms with Gasteiger partial charge in [0.05, 0.1) is 5.56 Å². The van der Waals surface area contributed by atoms with Crippen molar-refractivity contribution in [3.8, 4) is 0 Å². The molecule has 1 fully saturated rings. The topological polar surface area (TPSA) is 73.5 Å². The number of benzene rings is 1. The molecular formula is C19H22FN3O3. The highest BCUT2D eigenvalue weighted by molar-refractivity contribution is 6.07. The summed E-state index contributed by atoms with van der Waals surface area (Å²) >= 11 is 0. The summed E-state index contributed by atoms with van der Waals surface area (Å²) in [6.45, 7) is 2.85. The second kappa shape index (κ2) is 7.27. The summed E-state index contributed by atoms with van der Waals surface area (Å²) in [5.74, 6) is -0.997. The Morgan fingerprint density at radius 3 is 2.77 bits per heavy atom. The van der Waals surface area contributed by atoms with Crippen LogP contribution in [0.2, 0.25) is 0 Å². The molecule has 1 aliphatic rings. The molecule has 0 spiro atoms. The number of nitrogens with one attached hydrogen (secondary N) is 1. The molecule has 138 valence electrons. The van der Waals surface area contributed by atoms with E-state index in [9.17, 15) is 18.8 Å². The highest BCUT2D eigenvalue weighted by Gasteiger charge is 2.36. The molecule has 0 aliphatic carbocycles. The largest absolute Gasteiger partial charge is 0.342 e. The molecule has 2 amide bonds. The van der Waals surface area contributed by atoms with E-state index in [2.05, 4.69) is 4.98 Å². The first kappa shape index (κ1) is 18.1. The quantitative estimate of drug-likeness (QED) is 0.909. The van der Waals surface area contributed by atoms with Crippen LogP contribution in [0.25, 0.3) is 10.9 Å². The summed E-state index contributed by atoms with van der Waals surface area (Å²) in [6, 6.07) is 4.54. The number of likely N-dealkylation sites (N-methyl/N-ethyl adjacent to an activating group) is 1. The van der Waals surface area contributed by atoms with Gasteiger partial charge in [0.15, 0.2) is 0 Å². The molecule has 0 saturated carbocycles. The third kappa shape index (κ3) is 3.34. The van der Waals surface area contributed by atoms with Crippen molar-refractivity contribution < 1.29 is 14.0 Å². The predicted molar refractivity (Wildman–Crippen MR) is 96.5 cm³/mol. The molecule has 7 heteroatoms. The number of halogens is 1. The number of hydrogen-bond acceptors (Lipinski definition) is 3. The van der Waals surface area contributed by atoms with Gasteiger partial charge in [0.2, 0.25) is 11.5 Å². The van der Waals surface area contributed by atoms with E-state index < -0.39 is 23.3 Å². The van der Waals surface area contributed by atoms with Gasteiger partial charge in [0.1, 0.15) is 11.9 Å². The maximum atomic E-state index is 13.7. The van der Waals surface area contributed by atoms with Crippen LogP contribution in [0.15, 0.2) is 29.1 Å². The number of rotatable bonds is 4. The molecule has 1 aromatic carbocycles. The number of aromatic nitrogens is 1. The molecule has 2 aromatic rings. The van der Waals surface area contributed by atoms with Gasteiger partial charge in [-0.1, -0.05) is 19.8 Å². The first-order valence-electron chi connectivity index (χ1n) is 8.81. The molecular weight excluding hydrogens is 337 g/mol. The smallest absolute Gasteiger partial charge is 0.255 e. The van der Waals surface area contributed by atoms with Crippen molar-refractivity contribution in [3.05, 3.63) is 46.0 Å². The lowest BCUT2D eigenvalue weighted by molar-refractivity contribution is -0.138. The van der Waals surface area contributed by atoms with E-state index in [1.165, 1.54) is 29.2 Å². The van der Waals surface area contributed by atoms with Gasteiger partial charge in [0, 0.05) is 37.1 Å². The maximum Gasteiger partial charge on any atom is 0.255 e. The molecule has 0 radical (unpaired) electrons. The van der Waals surface area contributed by atoms with Crippen molar-refractivity contribution in [2.45, 2.75) is 32.2 Å². The molecule has 1 saturated heterocycles. The standard InChI is InChI=1S/C19H22FN3O3/c1-3-4-5-16-19(26)22(2)8-9-23(16)18(25)14-11-17(24)21-15-7-6-12(20)10-13(14)15/h6-7,10-11,16H,3-5,8-9H2,1-2H3,(H,21,24)/t16-/m0/s1. The average Bonchev–Trinajstić information content (AvgIpc) is 2.62. The van der Waals surface area contributed by atoms with E-state index in [0.717, 1.165) is 12.8 Å². The summed E-state index contributed by atoms with van der Waals surface area (Å²) < 4.78 is 13.7. The zero-order valence-corrected chi connectivity index (χ0v) is 14.9. The van der Waals surface area contributed by atoms with Gasteiger partial charge in [-0.15, -0.1) is 0 Å². The number of pyridine rings is 1. The Morgan fingerprint density at radius 2 is 2.04 bits per heavy atom. The number of H-pyrrole nitrogens is 1. The normalized spacial score (nSPS) is 17.8. The van der Waals surface area contributed by atoms with Gasteiger partial charge >= 0.3 is 0 Å². The van der Waals surface area contributed by atoms with Crippen LogP contribution < -0.4 is 5.56 Å². The van der Waals surface area contributed by atoms with Crippen LogP contribution in [0.1, 0.15) is 36.5 Å². The van der Waals surface area contributed by atoms with Gasteiger partial charge in [0.25, 0.3) is 5.91 Å². The van der Waals surface area contributed by atoms with Gasteiger partial charge in [-0.25, -0.2) is 4.39 Å². The number of fused-ring (bicyclic) bond motifs is 1. The van der Waals surface area contributed by atoms with Crippen LogP contribution in [-0.4, -0.2) is 52.8 Å². The summed E-state index contributed by atoms with van der Waals surface area (Å²) in [7, 11) is 1.72. The van der Waals surface area contributed by atoms with Crippen molar-refractivity contribution in [1.29, 1.82) is 0 Å². The minimum atomic E-state index is -0.552. The first-order chi connectivity index (χ1) is 12.4. The molecule has 1 N–H and O–H groups in total. The summed E-state index contributed by atoms with van der Waals surface area (Å²) in [6.07, 6.45) is 2.30. The zero-order chi connectivity index (χ0) is 18.8. The van der Waals surface area contributed by atoms with Crippen LogP contribution in [0.5, 0.6) is 0 Å². The monoisotopic (exact) mass is 359 g/mol. The van der Waals surface area contributed by atoms with E-state index in [0.29, 0.717) is 30.4 Å². The highest BCUT2D eigenvalue weighted by atomic mass is 19.1. The average molecular weight is 359 g/mol. The van der Waals surface area contributed by atoms with Gasteiger partial charge in [-0.05, 0) is 24.6 Å². The number of nitrogens with zero attached hydrogens (tertiary/aromatic N) is 2. The number of piperazine rings is 1. The van der Waals surface area contributed by atoms with Gasteiger partial charge in [-0.2, -0.15) is 0 Å². The summed E-state index contributed by atoms with van der Waals surface area (Å²) in [4.78, 5) is 43.5. The molecule has 2 heterocycles. The van der Waals surface area contributed by atoms with E-state index in [-0.39, 0.29) is 11.5 Å². The van der Waals surface area contributed by atoms with Crippen molar-refractivity contribution in [3.63, 3.8) is 0 Å². The second-order valence-electron chi connectivity index (χ2n) is 6.65.